The van der Waals surface area contributed by atoms with Crippen molar-refractivity contribution in [3.8, 4) is 11.1 Å². The molecule has 0 spiro atoms. The largest absolute Gasteiger partial charge is 0.329 e. The van der Waals surface area contributed by atoms with Crippen LogP contribution < -0.4 is 10.5 Å². The van der Waals surface area contributed by atoms with Crippen molar-refractivity contribution in [3.63, 3.8) is 0 Å². The number of hydrogen-bond acceptors (Lipinski definition) is 4. The van der Waals surface area contributed by atoms with Crippen LogP contribution in [0.3, 0.4) is 0 Å². The summed E-state index contributed by atoms with van der Waals surface area (Å²) in [6, 6.07) is 22.6. The molecule has 0 saturated heterocycles. The van der Waals surface area contributed by atoms with Crippen molar-refractivity contribution in [2.24, 2.45) is 0 Å². The average Bonchev–Trinajstić information content (AvgIpc) is 2.78. The van der Waals surface area contributed by atoms with Crippen LogP contribution in [-0.4, -0.2) is 22.9 Å². The highest BCUT2D eigenvalue weighted by atomic mass is 15.2. The molecular formula is C25H23N5. The van der Waals surface area contributed by atoms with Gasteiger partial charge >= 0.3 is 0 Å². The highest BCUT2D eigenvalue weighted by Crippen LogP contribution is 2.31. The van der Waals surface area contributed by atoms with Crippen LogP contribution in [0.15, 0.2) is 73.3 Å². The van der Waals surface area contributed by atoms with E-state index in [9.17, 15) is 0 Å². The normalized spacial score (nSPS) is 10.7. The minimum atomic E-state index is 0.00949. The van der Waals surface area contributed by atoms with Crippen molar-refractivity contribution < 1.29 is 0 Å². The molecule has 0 amide bonds. The van der Waals surface area contributed by atoms with E-state index in [1.165, 1.54) is 10.1 Å². The molecule has 5 nitrogen and oxygen atoms in total. The zero-order valence-electron chi connectivity index (χ0n) is 17.1. The molecule has 0 atom stereocenters. The number of nitrogens with zero attached hydrogens (tertiary/aromatic N) is 3. The van der Waals surface area contributed by atoms with Gasteiger partial charge in [0, 0.05) is 18.1 Å². The number of aromatic nitrogens is 2. The minimum absolute atomic E-state index is 0.00949. The van der Waals surface area contributed by atoms with Gasteiger partial charge in [-0.1, -0.05) is 60.7 Å². The van der Waals surface area contributed by atoms with Crippen molar-refractivity contribution in [1.29, 1.82) is 10.8 Å². The van der Waals surface area contributed by atoms with Crippen molar-refractivity contribution in [3.05, 3.63) is 90.1 Å². The molecule has 148 valence electrons. The van der Waals surface area contributed by atoms with Gasteiger partial charge in [-0.25, -0.2) is 0 Å². The van der Waals surface area contributed by atoms with E-state index in [-0.39, 0.29) is 5.62 Å². The van der Waals surface area contributed by atoms with Gasteiger partial charge in [0.25, 0.3) is 0 Å². The maximum Gasteiger partial charge on any atom is 0.229 e. The Kier molecular flexibility index (Phi) is 5.02. The van der Waals surface area contributed by atoms with Gasteiger partial charge in [-0.15, -0.1) is 0 Å². The lowest BCUT2D eigenvalue weighted by Gasteiger charge is -2.22. The Morgan fingerprint density at radius 1 is 1.00 bits per heavy atom. The van der Waals surface area contributed by atoms with Crippen LogP contribution in [0.1, 0.15) is 11.1 Å². The Bertz CT molecular complexity index is 1320. The quantitative estimate of drug-likeness (QED) is 0.354. The van der Waals surface area contributed by atoms with Gasteiger partial charge in [-0.3, -0.25) is 15.4 Å². The Labute approximate surface area is 175 Å². The van der Waals surface area contributed by atoms with E-state index in [1.807, 2.05) is 42.3 Å². The molecule has 30 heavy (non-hydrogen) atoms. The minimum Gasteiger partial charge on any atom is -0.329 e. The fourth-order valence-corrected chi connectivity index (χ4v) is 3.54. The standard InChI is InChI=1S/C25H23N5/c1-4-18-10-13-22-23(14-18)30(16-26)25(27)28-24(22)29(3)21-7-5-6-20(15-21)19-11-8-17(2)9-12-19/h4-16,26-27H,1H2,2-3H3. The molecule has 5 heteroatoms. The molecule has 0 fully saturated rings. The maximum atomic E-state index is 8.32. The summed E-state index contributed by atoms with van der Waals surface area (Å²) in [5, 5.41) is 16.9. The van der Waals surface area contributed by atoms with Crippen LogP contribution in [0.5, 0.6) is 0 Å². The molecule has 0 aliphatic rings. The molecule has 1 heterocycles. The SMILES string of the molecule is C=Cc1ccc2c(N(C)c3cccc(-c4ccc(C)cc4)c3)nc(=N)n(C=N)c2c1. The molecular weight excluding hydrogens is 370 g/mol. The van der Waals surface area contributed by atoms with Crippen molar-refractivity contribution in [2.75, 3.05) is 11.9 Å². The van der Waals surface area contributed by atoms with Crippen molar-refractivity contribution in [1.82, 2.24) is 9.55 Å². The van der Waals surface area contributed by atoms with Gasteiger partial charge in [0.15, 0.2) is 0 Å². The smallest absolute Gasteiger partial charge is 0.229 e. The number of rotatable bonds is 5. The van der Waals surface area contributed by atoms with E-state index in [0.29, 0.717) is 5.82 Å². The van der Waals surface area contributed by atoms with E-state index in [4.69, 9.17) is 10.8 Å². The zero-order valence-corrected chi connectivity index (χ0v) is 17.1. The topological polar surface area (TPSA) is 68.8 Å². The van der Waals surface area contributed by atoms with E-state index >= 15 is 0 Å². The summed E-state index contributed by atoms with van der Waals surface area (Å²) >= 11 is 0. The Morgan fingerprint density at radius 2 is 1.77 bits per heavy atom. The van der Waals surface area contributed by atoms with Crippen LogP contribution in [0.25, 0.3) is 28.1 Å². The molecule has 2 N–H and O–H groups in total. The van der Waals surface area contributed by atoms with Crippen LogP contribution in [0.2, 0.25) is 0 Å². The van der Waals surface area contributed by atoms with Crippen LogP contribution in [0.4, 0.5) is 11.5 Å². The average molecular weight is 393 g/mol. The first-order valence-electron chi connectivity index (χ1n) is 9.66. The number of nitrogens with one attached hydrogen (secondary N) is 2. The van der Waals surface area contributed by atoms with Crippen LogP contribution in [0, 0.1) is 17.7 Å². The van der Waals surface area contributed by atoms with Gasteiger partial charge in [-0.05, 0) is 47.9 Å². The van der Waals surface area contributed by atoms with Gasteiger partial charge < -0.3 is 4.90 Å². The molecule has 0 aliphatic carbocycles. The van der Waals surface area contributed by atoms with Gasteiger partial charge in [-0.2, -0.15) is 4.98 Å². The Morgan fingerprint density at radius 3 is 2.47 bits per heavy atom. The number of aryl methyl sites for hydroxylation is 1. The number of anilines is 2. The summed E-state index contributed by atoms with van der Waals surface area (Å²) in [5.41, 5.74) is 6.16. The predicted octanol–water partition coefficient (Wildman–Crippen LogP) is 5.36. The second kappa shape index (κ2) is 7.79. The van der Waals surface area contributed by atoms with E-state index in [2.05, 4.69) is 54.9 Å². The molecule has 0 saturated carbocycles. The first-order valence-corrected chi connectivity index (χ1v) is 9.66. The summed E-state index contributed by atoms with van der Waals surface area (Å²) in [5.74, 6) is 0.671. The zero-order chi connectivity index (χ0) is 21.3. The number of fused-ring (bicyclic) bond motifs is 1. The van der Waals surface area contributed by atoms with Crippen molar-refractivity contribution >= 4 is 34.8 Å². The van der Waals surface area contributed by atoms with Gasteiger partial charge in [0.05, 0.1) is 11.9 Å². The van der Waals surface area contributed by atoms with Gasteiger partial charge in [0.1, 0.15) is 5.82 Å². The Balaban J connectivity index is 1.86. The third kappa shape index (κ3) is 3.42. The molecule has 3 aromatic carbocycles. The molecule has 0 unspecified atom stereocenters. The first-order chi connectivity index (χ1) is 14.5. The fraction of sp³-hybridized carbons (Fsp3) is 0.0800. The van der Waals surface area contributed by atoms with Crippen molar-refractivity contribution in [2.45, 2.75) is 6.92 Å². The summed E-state index contributed by atoms with van der Waals surface area (Å²) in [4.78, 5) is 6.48. The lowest BCUT2D eigenvalue weighted by atomic mass is 10.0. The highest BCUT2D eigenvalue weighted by Gasteiger charge is 2.14. The predicted molar refractivity (Wildman–Crippen MR) is 125 cm³/mol. The molecule has 0 radical (unpaired) electrons. The van der Waals surface area contributed by atoms with E-state index in [1.54, 1.807) is 6.08 Å². The lowest BCUT2D eigenvalue weighted by molar-refractivity contribution is 0.915. The number of benzene rings is 3. The van der Waals surface area contributed by atoms with E-state index < -0.39 is 0 Å². The summed E-state index contributed by atoms with van der Waals surface area (Å²) < 4.78 is 1.46. The van der Waals surface area contributed by atoms with Crippen LogP contribution in [-0.2, 0) is 0 Å². The molecule has 1 aromatic heterocycles. The maximum absolute atomic E-state index is 8.32. The van der Waals surface area contributed by atoms with Crippen LogP contribution >= 0.6 is 0 Å². The summed E-state index contributed by atoms with van der Waals surface area (Å²) in [7, 11) is 1.95. The Hall–Kier alpha value is -3.99. The first kappa shape index (κ1) is 19.3. The second-order valence-corrected chi connectivity index (χ2v) is 7.21. The monoisotopic (exact) mass is 393 g/mol. The van der Waals surface area contributed by atoms with E-state index in [0.717, 1.165) is 39.6 Å². The second-order valence-electron chi connectivity index (χ2n) is 7.21. The molecule has 4 aromatic rings. The highest BCUT2D eigenvalue weighted by molar-refractivity contribution is 5.95. The summed E-state index contributed by atoms with van der Waals surface area (Å²) in [6.07, 6.45) is 2.87. The summed E-state index contributed by atoms with van der Waals surface area (Å²) in [6.45, 7) is 5.91. The van der Waals surface area contributed by atoms with Gasteiger partial charge in [0.2, 0.25) is 5.62 Å². The molecule has 0 aliphatic heterocycles. The fourth-order valence-electron chi connectivity index (χ4n) is 3.54. The number of hydrogen-bond donors (Lipinski definition) is 2. The third-order valence-corrected chi connectivity index (χ3v) is 5.26. The molecule has 0 bridgehead atoms. The third-order valence-electron chi connectivity index (χ3n) is 5.26. The molecule has 4 rings (SSSR count). The lowest BCUT2D eigenvalue weighted by Crippen LogP contribution is -2.26.